The molecule has 0 amide bonds. The summed E-state index contributed by atoms with van der Waals surface area (Å²) in [6.07, 6.45) is 3.03. The number of halogens is 2. The number of likely N-dealkylation sites (N-methyl/N-ethyl adjacent to an activating group) is 1. The van der Waals surface area contributed by atoms with Gasteiger partial charge in [0.2, 0.25) is 0 Å². The van der Waals surface area contributed by atoms with Crippen molar-refractivity contribution in [2.75, 3.05) is 70.3 Å². The molecule has 1 atom stereocenters. The zero-order valence-corrected chi connectivity index (χ0v) is 19.0. The van der Waals surface area contributed by atoms with E-state index in [4.69, 9.17) is 4.99 Å². The molecule has 2 aliphatic rings. The lowest BCUT2D eigenvalue weighted by Crippen LogP contribution is -2.46. The second-order valence-corrected chi connectivity index (χ2v) is 8.39. The lowest BCUT2D eigenvalue weighted by Gasteiger charge is -2.33. The topological polar surface area (TPSA) is 46.1 Å². The minimum atomic E-state index is -0.502. The first-order valence-electron chi connectivity index (χ1n) is 11.8. The molecule has 0 radical (unpaired) electrons. The van der Waals surface area contributed by atoms with Crippen LogP contribution in [0.3, 0.4) is 0 Å². The molecule has 0 bridgehead atoms. The average Bonchev–Trinajstić information content (AvgIpc) is 3.22. The van der Waals surface area contributed by atoms with E-state index in [0.29, 0.717) is 13.1 Å². The van der Waals surface area contributed by atoms with E-state index in [0.717, 1.165) is 51.4 Å². The van der Waals surface area contributed by atoms with E-state index in [9.17, 15) is 8.78 Å². The van der Waals surface area contributed by atoms with E-state index < -0.39 is 11.6 Å². The second-order valence-electron chi connectivity index (χ2n) is 8.39. The average molecular weight is 437 g/mol. The summed E-state index contributed by atoms with van der Waals surface area (Å²) in [7, 11) is 0. The van der Waals surface area contributed by atoms with Crippen LogP contribution in [0.5, 0.6) is 0 Å². The first-order valence-corrected chi connectivity index (χ1v) is 11.8. The van der Waals surface area contributed by atoms with Gasteiger partial charge in [-0.1, -0.05) is 13.0 Å². The molecule has 0 spiro atoms. The zero-order valence-electron chi connectivity index (χ0n) is 19.0. The Kier molecular flexibility index (Phi) is 9.33. The van der Waals surface area contributed by atoms with Gasteiger partial charge in [-0.2, -0.15) is 0 Å². The Labute approximate surface area is 185 Å². The molecule has 2 N–H and O–H groups in total. The van der Waals surface area contributed by atoms with Crippen molar-refractivity contribution in [3.63, 3.8) is 0 Å². The van der Waals surface area contributed by atoms with Crippen LogP contribution in [0.2, 0.25) is 0 Å². The number of nitrogens with zero attached hydrogens (tertiary/aromatic N) is 4. The van der Waals surface area contributed by atoms with Gasteiger partial charge in [0, 0.05) is 58.4 Å². The van der Waals surface area contributed by atoms with Crippen molar-refractivity contribution >= 4 is 11.6 Å². The van der Waals surface area contributed by atoms with E-state index in [1.807, 2.05) is 6.92 Å². The summed E-state index contributed by atoms with van der Waals surface area (Å²) in [6.45, 7) is 14.0. The first kappa shape index (κ1) is 23.7. The van der Waals surface area contributed by atoms with E-state index in [2.05, 4.69) is 27.4 Å². The Hall–Kier alpha value is -1.93. The molecule has 3 rings (SSSR count). The number of rotatable bonds is 9. The lowest BCUT2D eigenvalue weighted by molar-refractivity contribution is 0.136. The summed E-state index contributed by atoms with van der Waals surface area (Å²) in [4.78, 5) is 11.6. The fraction of sp³-hybridized carbons (Fsp3) is 0.696. The molecule has 2 heterocycles. The van der Waals surface area contributed by atoms with E-state index in [1.165, 1.54) is 44.4 Å². The van der Waals surface area contributed by atoms with Crippen molar-refractivity contribution in [3.05, 3.63) is 29.8 Å². The van der Waals surface area contributed by atoms with Crippen LogP contribution >= 0.6 is 0 Å². The molecular weight excluding hydrogens is 398 g/mol. The molecule has 0 saturated carbocycles. The molecule has 1 aromatic carbocycles. The smallest absolute Gasteiger partial charge is 0.191 e. The highest BCUT2D eigenvalue weighted by Crippen LogP contribution is 2.26. The molecule has 0 aliphatic carbocycles. The molecule has 1 unspecified atom stereocenters. The van der Waals surface area contributed by atoms with Crippen molar-refractivity contribution < 1.29 is 8.78 Å². The van der Waals surface area contributed by atoms with Gasteiger partial charge in [-0.05, 0) is 51.4 Å². The Morgan fingerprint density at radius 1 is 1.03 bits per heavy atom. The number of guanidine groups is 1. The highest BCUT2D eigenvalue weighted by atomic mass is 19.1. The summed E-state index contributed by atoms with van der Waals surface area (Å²) in [6, 6.07) is 4.15. The molecular formula is C23H38F2N6. The fourth-order valence-corrected chi connectivity index (χ4v) is 4.35. The summed E-state index contributed by atoms with van der Waals surface area (Å²) in [5, 5.41) is 6.74. The van der Waals surface area contributed by atoms with Gasteiger partial charge >= 0.3 is 0 Å². The molecule has 174 valence electrons. The van der Waals surface area contributed by atoms with Crippen molar-refractivity contribution in [2.24, 2.45) is 4.99 Å². The van der Waals surface area contributed by atoms with Crippen molar-refractivity contribution in [1.82, 2.24) is 20.4 Å². The molecule has 2 saturated heterocycles. The standard InChI is InChI=1S/C23H38F2N6/c1-3-26-23(27-11-5-6-12-30-16-14-29(4-2)15-17-30)28-19-10-13-31(18-19)22-20(24)8-7-9-21(22)25/h7-9,19H,3-6,10-18H2,1-2H3,(H2,26,27,28). The number of anilines is 1. The molecule has 31 heavy (non-hydrogen) atoms. The number of unbranched alkanes of at least 4 members (excludes halogenated alkanes) is 1. The van der Waals surface area contributed by atoms with Crippen LogP contribution in [0.1, 0.15) is 33.1 Å². The highest BCUT2D eigenvalue weighted by Gasteiger charge is 2.27. The molecule has 0 aromatic heterocycles. The van der Waals surface area contributed by atoms with Gasteiger partial charge in [-0.15, -0.1) is 0 Å². The Morgan fingerprint density at radius 3 is 2.42 bits per heavy atom. The van der Waals surface area contributed by atoms with Gasteiger partial charge in [0.05, 0.1) is 0 Å². The minimum Gasteiger partial charge on any atom is -0.365 e. The van der Waals surface area contributed by atoms with E-state index >= 15 is 0 Å². The third-order valence-corrected chi connectivity index (χ3v) is 6.19. The van der Waals surface area contributed by atoms with Crippen molar-refractivity contribution in [3.8, 4) is 0 Å². The summed E-state index contributed by atoms with van der Waals surface area (Å²) in [5.74, 6) is -0.213. The van der Waals surface area contributed by atoms with E-state index in [1.54, 1.807) is 4.90 Å². The monoisotopic (exact) mass is 436 g/mol. The maximum absolute atomic E-state index is 14.1. The number of nitrogens with one attached hydrogen (secondary N) is 2. The zero-order chi connectivity index (χ0) is 22.1. The Morgan fingerprint density at radius 2 is 1.74 bits per heavy atom. The molecule has 1 aromatic rings. The van der Waals surface area contributed by atoms with Gasteiger partial charge in [0.15, 0.2) is 5.96 Å². The third-order valence-electron chi connectivity index (χ3n) is 6.19. The van der Waals surface area contributed by atoms with Gasteiger partial charge in [0.1, 0.15) is 17.3 Å². The number of benzene rings is 1. The van der Waals surface area contributed by atoms with Crippen molar-refractivity contribution in [1.29, 1.82) is 0 Å². The number of piperazine rings is 1. The second kappa shape index (κ2) is 12.2. The first-order chi connectivity index (χ1) is 15.1. The SMILES string of the molecule is CCNC(=NCCCCN1CCN(CC)CC1)NC1CCN(c2c(F)cccc2F)C1. The molecule has 2 aliphatic heterocycles. The summed E-state index contributed by atoms with van der Waals surface area (Å²) >= 11 is 0. The predicted molar refractivity (Wildman–Crippen MR) is 124 cm³/mol. The normalized spacial score (nSPS) is 21.0. The minimum absolute atomic E-state index is 0.0773. The lowest BCUT2D eigenvalue weighted by atomic mass is 10.2. The van der Waals surface area contributed by atoms with Crippen LogP contribution in [0.4, 0.5) is 14.5 Å². The molecule has 2 fully saturated rings. The van der Waals surface area contributed by atoms with Crippen LogP contribution in [0.25, 0.3) is 0 Å². The number of hydrogen-bond donors (Lipinski definition) is 2. The van der Waals surface area contributed by atoms with Crippen LogP contribution in [-0.4, -0.2) is 87.2 Å². The van der Waals surface area contributed by atoms with Crippen LogP contribution < -0.4 is 15.5 Å². The van der Waals surface area contributed by atoms with Crippen molar-refractivity contribution in [2.45, 2.75) is 39.2 Å². The largest absolute Gasteiger partial charge is 0.365 e. The van der Waals surface area contributed by atoms with Gasteiger partial charge in [-0.25, -0.2) is 8.78 Å². The number of hydrogen-bond acceptors (Lipinski definition) is 4. The predicted octanol–water partition coefficient (Wildman–Crippen LogP) is 2.52. The number of aliphatic imine (C=N–C) groups is 1. The van der Waals surface area contributed by atoms with Gasteiger partial charge in [0.25, 0.3) is 0 Å². The highest BCUT2D eigenvalue weighted by molar-refractivity contribution is 5.80. The number of para-hydroxylation sites is 1. The maximum Gasteiger partial charge on any atom is 0.191 e. The summed E-state index contributed by atoms with van der Waals surface area (Å²) in [5.41, 5.74) is 0.0773. The fourth-order valence-electron chi connectivity index (χ4n) is 4.35. The Balaban J connectivity index is 1.41. The quantitative estimate of drug-likeness (QED) is 0.354. The van der Waals surface area contributed by atoms with E-state index in [-0.39, 0.29) is 11.7 Å². The summed E-state index contributed by atoms with van der Waals surface area (Å²) < 4.78 is 28.2. The van der Waals surface area contributed by atoms with Gasteiger partial charge in [-0.3, -0.25) is 4.99 Å². The third kappa shape index (κ3) is 7.04. The maximum atomic E-state index is 14.1. The Bertz CT molecular complexity index is 685. The van der Waals surface area contributed by atoms with Crippen LogP contribution in [0.15, 0.2) is 23.2 Å². The van der Waals surface area contributed by atoms with Crippen LogP contribution in [-0.2, 0) is 0 Å². The van der Waals surface area contributed by atoms with Crippen LogP contribution in [0, 0.1) is 11.6 Å². The van der Waals surface area contributed by atoms with Gasteiger partial charge < -0.3 is 25.3 Å². The molecule has 8 heteroatoms. The molecule has 6 nitrogen and oxygen atoms in total.